The summed E-state index contributed by atoms with van der Waals surface area (Å²) in [6.45, 7) is 5.35. The molecule has 0 radical (unpaired) electrons. The van der Waals surface area contributed by atoms with E-state index in [1.54, 1.807) is 4.90 Å². The van der Waals surface area contributed by atoms with Gasteiger partial charge in [-0.3, -0.25) is 0 Å². The second-order valence-electron chi connectivity index (χ2n) is 8.44. The van der Waals surface area contributed by atoms with Crippen LogP contribution in [0.25, 0.3) is 0 Å². The van der Waals surface area contributed by atoms with Crippen LogP contribution in [0, 0.1) is 17.6 Å². The number of hydrogen-bond acceptors (Lipinski definition) is 3. The monoisotopic (exact) mass is 445 g/mol. The number of ether oxygens (including phenoxy) is 1. The van der Waals surface area contributed by atoms with Crippen LogP contribution in [0.5, 0.6) is 0 Å². The largest absolute Gasteiger partial charge is 0.379 e. The summed E-state index contributed by atoms with van der Waals surface area (Å²) < 4.78 is 33.4. The van der Waals surface area contributed by atoms with Gasteiger partial charge in [0.15, 0.2) is 0 Å². The van der Waals surface area contributed by atoms with Crippen LogP contribution in [0.4, 0.5) is 13.6 Å². The molecule has 1 saturated heterocycles. The van der Waals surface area contributed by atoms with Crippen LogP contribution in [0.15, 0.2) is 48.5 Å². The minimum atomic E-state index is -0.639. The third-order valence-electron chi connectivity index (χ3n) is 5.97. The predicted octanol–water partition coefficient (Wildman–Crippen LogP) is 4.60. The molecular weight excluding hydrogens is 412 g/mol. The number of benzene rings is 2. The molecule has 2 amide bonds. The van der Waals surface area contributed by atoms with Crippen molar-refractivity contribution in [2.24, 2.45) is 5.92 Å². The molecule has 1 N–H and O–H groups in total. The number of rotatable bonds is 9. The molecule has 1 fully saturated rings. The van der Waals surface area contributed by atoms with Crippen LogP contribution in [0.2, 0.25) is 0 Å². The van der Waals surface area contributed by atoms with E-state index in [0.29, 0.717) is 31.2 Å². The molecule has 1 heterocycles. The Hall–Kier alpha value is -2.51. The van der Waals surface area contributed by atoms with E-state index in [0.717, 1.165) is 37.6 Å². The van der Waals surface area contributed by atoms with Gasteiger partial charge in [0, 0.05) is 24.8 Å². The smallest absolute Gasteiger partial charge is 0.318 e. The van der Waals surface area contributed by atoms with E-state index in [9.17, 15) is 13.6 Å². The highest BCUT2D eigenvalue weighted by molar-refractivity contribution is 5.74. The van der Waals surface area contributed by atoms with Crippen LogP contribution in [-0.2, 0) is 11.3 Å². The molecule has 0 saturated carbocycles. The number of nitrogens with one attached hydrogen (secondary N) is 1. The lowest BCUT2D eigenvalue weighted by Crippen LogP contribution is -2.46. The first kappa shape index (κ1) is 24.1. The number of piperidine rings is 1. The van der Waals surface area contributed by atoms with Gasteiger partial charge in [0.1, 0.15) is 11.6 Å². The number of amides is 2. The maximum Gasteiger partial charge on any atom is 0.318 e. The summed E-state index contributed by atoms with van der Waals surface area (Å²) in [5, 5.41) is 3.07. The summed E-state index contributed by atoms with van der Waals surface area (Å²) in [6, 6.07) is 12.6. The summed E-state index contributed by atoms with van der Waals surface area (Å²) >= 11 is 0. The second kappa shape index (κ2) is 11.9. The van der Waals surface area contributed by atoms with Crippen LogP contribution in [0.1, 0.15) is 36.9 Å². The first-order chi connectivity index (χ1) is 15.5. The Bertz CT molecular complexity index is 858. The van der Waals surface area contributed by atoms with Crippen LogP contribution >= 0.6 is 0 Å². The Morgan fingerprint density at radius 2 is 1.91 bits per heavy atom. The lowest BCUT2D eigenvalue weighted by molar-refractivity contribution is 0.115. The Morgan fingerprint density at radius 3 is 2.56 bits per heavy atom. The fourth-order valence-corrected chi connectivity index (χ4v) is 4.01. The van der Waals surface area contributed by atoms with E-state index >= 15 is 0 Å². The Kier molecular flexibility index (Phi) is 9.00. The van der Waals surface area contributed by atoms with Gasteiger partial charge in [-0.05, 0) is 57.5 Å². The van der Waals surface area contributed by atoms with Crippen molar-refractivity contribution in [2.45, 2.75) is 32.4 Å². The number of nitrogens with zero attached hydrogens (tertiary/aromatic N) is 2. The standard InChI is InChI=1S/C25H33F2N3O2/c1-3-32-18-24(20-7-5-4-6-8-20)28-25(31)30(16-19-11-13-29(2)14-12-19)17-21-9-10-22(26)15-23(21)27/h4-10,15,19,24H,3,11-14,16-18H2,1-2H3,(H,28,31). The van der Waals surface area contributed by atoms with Crippen molar-refractivity contribution in [3.05, 3.63) is 71.3 Å². The average Bonchev–Trinajstić information content (AvgIpc) is 2.79. The fourth-order valence-electron chi connectivity index (χ4n) is 4.01. The molecule has 7 heteroatoms. The van der Waals surface area contributed by atoms with Crippen molar-refractivity contribution < 1.29 is 18.3 Å². The molecule has 1 unspecified atom stereocenters. The summed E-state index contributed by atoms with van der Waals surface area (Å²) in [5.41, 5.74) is 1.25. The van der Waals surface area contributed by atoms with Crippen LogP contribution < -0.4 is 5.32 Å². The van der Waals surface area contributed by atoms with Crippen molar-refractivity contribution in [1.29, 1.82) is 0 Å². The van der Waals surface area contributed by atoms with Gasteiger partial charge in [0.05, 0.1) is 19.2 Å². The van der Waals surface area contributed by atoms with Gasteiger partial charge in [-0.2, -0.15) is 0 Å². The van der Waals surface area contributed by atoms with E-state index in [1.165, 1.54) is 12.1 Å². The number of carbonyl (C=O) groups excluding carboxylic acids is 1. The van der Waals surface area contributed by atoms with E-state index < -0.39 is 11.6 Å². The summed E-state index contributed by atoms with van der Waals surface area (Å²) in [4.78, 5) is 17.3. The Morgan fingerprint density at radius 1 is 1.19 bits per heavy atom. The molecule has 0 aliphatic carbocycles. The van der Waals surface area contributed by atoms with E-state index in [2.05, 4.69) is 17.3 Å². The van der Waals surface area contributed by atoms with Gasteiger partial charge in [-0.15, -0.1) is 0 Å². The molecule has 2 aromatic rings. The molecule has 1 atom stereocenters. The maximum atomic E-state index is 14.4. The van der Waals surface area contributed by atoms with Gasteiger partial charge >= 0.3 is 6.03 Å². The number of urea groups is 1. The van der Waals surface area contributed by atoms with Crippen LogP contribution in [0.3, 0.4) is 0 Å². The van der Waals surface area contributed by atoms with Gasteiger partial charge in [-0.25, -0.2) is 13.6 Å². The lowest BCUT2D eigenvalue weighted by Gasteiger charge is -2.34. The zero-order valence-corrected chi connectivity index (χ0v) is 18.9. The van der Waals surface area contributed by atoms with Gasteiger partial charge in [-0.1, -0.05) is 36.4 Å². The molecule has 174 valence electrons. The molecule has 0 bridgehead atoms. The van der Waals surface area contributed by atoms with Crippen molar-refractivity contribution in [3.63, 3.8) is 0 Å². The lowest BCUT2D eigenvalue weighted by atomic mass is 9.96. The van der Waals surface area contributed by atoms with Gasteiger partial charge in [0.25, 0.3) is 0 Å². The zero-order chi connectivity index (χ0) is 22.9. The highest BCUT2D eigenvalue weighted by Crippen LogP contribution is 2.21. The number of hydrogen-bond donors (Lipinski definition) is 1. The molecule has 5 nitrogen and oxygen atoms in total. The van der Waals surface area contributed by atoms with Crippen molar-refractivity contribution in [1.82, 2.24) is 15.1 Å². The highest BCUT2D eigenvalue weighted by Gasteiger charge is 2.25. The summed E-state index contributed by atoms with van der Waals surface area (Å²) in [6.07, 6.45) is 1.96. The molecule has 1 aliphatic rings. The third-order valence-corrected chi connectivity index (χ3v) is 5.97. The maximum absolute atomic E-state index is 14.4. The summed E-state index contributed by atoms with van der Waals surface area (Å²) in [7, 11) is 2.09. The van der Waals surface area contributed by atoms with E-state index in [4.69, 9.17) is 4.74 Å². The highest BCUT2D eigenvalue weighted by atomic mass is 19.1. The molecular formula is C25H33F2N3O2. The zero-order valence-electron chi connectivity index (χ0n) is 18.9. The fraction of sp³-hybridized carbons (Fsp3) is 0.480. The van der Waals surface area contributed by atoms with Crippen molar-refractivity contribution in [3.8, 4) is 0 Å². The quantitative estimate of drug-likeness (QED) is 0.614. The molecule has 1 aliphatic heterocycles. The number of carbonyl (C=O) groups is 1. The minimum Gasteiger partial charge on any atom is -0.379 e. The first-order valence-electron chi connectivity index (χ1n) is 11.3. The SMILES string of the molecule is CCOCC(NC(=O)N(Cc1ccc(F)cc1F)CC1CCN(C)CC1)c1ccccc1. The van der Waals surface area contributed by atoms with Gasteiger partial charge < -0.3 is 19.9 Å². The predicted molar refractivity (Wildman–Crippen MR) is 121 cm³/mol. The van der Waals surface area contributed by atoms with E-state index in [-0.39, 0.29) is 18.6 Å². The van der Waals surface area contributed by atoms with Crippen molar-refractivity contribution in [2.75, 3.05) is 39.9 Å². The average molecular weight is 446 g/mol. The van der Waals surface area contributed by atoms with Crippen LogP contribution in [-0.4, -0.2) is 55.7 Å². The molecule has 2 aromatic carbocycles. The molecule has 0 spiro atoms. The Labute approximate surface area is 189 Å². The number of halogens is 2. The number of likely N-dealkylation sites (tertiary alicyclic amines) is 1. The topological polar surface area (TPSA) is 44.8 Å². The van der Waals surface area contributed by atoms with Crippen molar-refractivity contribution >= 4 is 6.03 Å². The second-order valence-corrected chi connectivity index (χ2v) is 8.44. The van der Waals surface area contributed by atoms with Gasteiger partial charge in [0.2, 0.25) is 0 Å². The first-order valence-corrected chi connectivity index (χ1v) is 11.3. The molecule has 3 rings (SSSR count). The summed E-state index contributed by atoms with van der Waals surface area (Å²) in [5.74, 6) is -0.930. The molecule has 0 aromatic heterocycles. The normalized spacial score (nSPS) is 16.0. The minimum absolute atomic E-state index is 0.0838. The molecule has 32 heavy (non-hydrogen) atoms. The third kappa shape index (κ3) is 7.00. The Balaban J connectivity index is 1.77. The van der Waals surface area contributed by atoms with E-state index in [1.807, 2.05) is 37.3 Å².